The van der Waals surface area contributed by atoms with Crippen LogP contribution < -0.4 is 0 Å². The van der Waals surface area contributed by atoms with E-state index in [4.69, 9.17) is 0 Å². The van der Waals surface area contributed by atoms with Crippen LogP contribution in [0.25, 0.3) is 0 Å². The van der Waals surface area contributed by atoms with E-state index in [1.165, 1.54) is 5.56 Å². The molecule has 0 N–H and O–H groups in total. The van der Waals surface area contributed by atoms with Crippen molar-refractivity contribution in [3.8, 4) is 0 Å². The van der Waals surface area contributed by atoms with Crippen molar-refractivity contribution < 1.29 is 9.59 Å². The van der Waals surface area contributed by atoms with E-state index in [-0.39, 0.29) is 41.4 Å². The van der Waals surface area contributed by atoms with Gasteiger partial charge in [0.1, 0.15) is 5.69 Å². The molecule has 5 heteroatoms. The fourth-order valence-corrected chi connectivity index (χ4v) is 6.93. The lowest BCUT2D eigenvalue weighted by atomic mass is 9.69. The van der Waals surface area contributed by atoms with Crippen molar-refractivity contribution in [3.05, 3.63) is 65.5 Å². The van der Waals surface area contributed by atoms with Crippen LogP contribution in [0.4, 0.5) is 0 Å². The molecule has 5 rings (SSSR count). The second-order valence-electron chi connectivity index (χ2n) is 10.2. The molecule has 1 aliphatic carbocycles. The summed E-state index contributed by atoms with van der Waals surface area (Å²) in [7, 11) is 0. The maximum atomic E-state index is 14.0. The number of rotatable bonds is 3. The van der Waals surface area contributed by atoms with E-state index in [0.29, 0.717) is 5.69 Å². The van der Waals surface area contributed by atoms with Gasteiger partial charge >= 0.3 is 0 Å². The van der Waals surface area contributed by atoms with Crippen molar-refractivity contribution in [2.75, 3.05) is 0 Å². The summed E-state index contributed by atoms with van der Waals surface area (Å²) in [4.78, 5) is 35.9. The zero-order valence-electron chi connectivity index (χ0n) is 19.3. The van der Waals surface area contributed by atoms with E-state index in [1.807, 2.05) is 25.1 Å². The standard InChI is InChI=1S/C27H33N3O2/c1-18-10-9-15-28-25(18)26(32)30-22-17-27(3)23(13-7-8-14-24(27)30)29(19(2)31)21(22)16-20-11-5-4-6-12-20/h4-6,9-12,15,21-24H,7-8,13-14,16-17H2,1-3H3/t21-,22+,23-,24+,27-/m1/s1. The highest BCUT2D eigenvalue weighted by Crippen LogP contribution is 2.55. The molecule has 3 heterocycles. The van der Waals surface area contributed by atoms with Crippen LogP contribution >= 0.6 is 0 Å². The van der Waals surface area contributed by atoms with Crippen LogP contribution in [0.1, 0.15) is 67.6 Å². The molecule has 2 amide bonds. The molecule has 0 radical (unpaired) electrons. The van der Waals surface area contributed by atoms with Crippen LogP contribution in [0.3, 0.4) is 0 Å². The summed E-state index contributed by atoms with van der Waals surface area (Å²) >= 11 is 0. The zero-order valence-corrected chi connectivity index (χ0v) is 19.3. The number of amides is 2. The molecule has 32 heavy (non-hydrogen) atoms. The van der Waals surface area contributed by atoms with Gasteiger partial charge < -0.3 is 9.80 Å². The Bertz CT molecular complexity index is 1020. The minimum atomic E-state index is -0.0711. The number of aromatic nitrogens is 1. The normalized spacial score (nSPS) is 31.3. The summed E-state index contributed by atoms with van der Waals surface area (Å²) in [5.74, 6) is 0.168. The molecular weight excluding hydrogens is 398 g/mol. The van der Waals surface area contributed by atoms with Crippen LogP contribution in [-0.2, 0) is 11.2 Å². The van der Waals surface area contributed by atoms with Crippen molar-refractivity contribution in [1.82, 2.24) is 14.8 Å². The average molecular weight is 432 g/mol. The second kappa shape index (κ2) is 8.02. The summed E-state index contributed by atoms with van der Waals surface area (Å²) in [6.45, 7) is 6.00. The largest absolute Gasteiger partial charge is 0.334 e. The van der Waals surface area contributed by atoms with Gasteiger partial charge in [-0.2, -0.15) is 0 Å². The Balaban J connectivity index is 1.62. The molecule has 1 aromatic heterocycles. The van der Waals surface area contributed by atoms with Crippen molar-refractivity contribution in [2.24, 2.45) is 5.41 Å². The Labute approximate surface area is 190 Å². The Hall–Kier alpha value is -2.69. The SMILES string of the molecule is CC(=O)N1[C@H](Cc2ccccc2)[C@@H]2C[C@@]3(C)[C@H](CCCC[C@@H]13)N2C(=O)c1ncccc1C. The second-order valence-corrected chi connectivity index (χ2v) is 10.2. The molecule has 1 saturated carbocycles. The van der Waals surface area contributed by atoms with Gasteiger partial charge in [-0.3, -0.25) is 14.6 Å². The number of carbonyl (C=O) groups excluding carboxylic acids is 2. The molecule has 2 bridgehead atoms. The Morgan fingerprint density at radius 3 is 2.38 bits per heavy atom. The van der Waals surface area contributed by atoms with Gasteiger partial charge in [0.25, 0.3) is 5.91 Å². The van der Waals surface area contributed by atoms with Crippen LogP contribution in [0.2, 0.25) is 0 Å². The van der Waals surface area contributed by atoms with Crippen LogP contribution in [-0.4, -0.2) is 50.8 Å². The highest BCUT2D eigenvalue weighted by molar-refractivity contribution is 5.94. The summed E-state index contributed by atoms with van der Waals surface area (Å²) < 4.78 is 0. The number of carbonyl (C=O) groups is 2. The van der Waals surface area contributed by atoms with Gasteiger partial charge in [0, 0.05) is 30.6 Å². The average Bonchev–Trinajstić information content (AvgIpc) is 2.93. The molecule has 5 nitrogen and oxygen atoms in total. The van der Waals surface area contributed by atoms with Crippen molar-refractivity contribution in [2.45, 2.75) is 83.5 Å². The monoisotopic (exact) mass is 431 g/mol. The van der Waals surface area contributed by atoms with E-state index in [1.54, 1.807) is 13.1 Å². The third-order valence-electron chi connectivity index (χ3n) is 8.30. The van der Waals surface area contributed by atoms with E-state index in [0.717, 1.165) is 44.1 Å². The fourth-order valence-electron chi connectivity index (χ4n) is 6.93. The molecular formula is C27H33N3O2. The molecule has 0 spiro atoms. The molecule has 3 fully saturated rings. The third-order valence-corrected chi connectivity index (χ3v) is 8.30. The van der Waals surface area contributed by atoms with Gasteiger partial charge in [-0.05, 0) is 49.8 Å². The first-order chi connectivity index (χ1) is 15.4. The Morgan fingerprint density at radius 2 is 1.72 bits per heavy atom. The third kappa shape index (κ3) is 3.25. The lowest BCUT2D eigenvalue weighted by molar-refractivity contribution is -0.141. The number of aryl methyl sites for hydroxylation is 1. The lowest BCUT2D eigenvalue weighted by Gasteiger charge is -2.50. The van der Waals surface area contributed by atoms with Crippen LogP contribution in [0.15, 0.2) is 48.7 Å². The molecule has 3 aliphatic rings. The predicted octanol–water partition coefficient (Wildman–Crippen LogP) is 4.40. The molecule has 2 saturated heterocycles. The first-order valence-electron chi connectivity index (χ1n) is 12.0. The summed E-state index contributed by atoms with van der Waals surface area (Å²) in [5.41, 5.74) is 2.61. The van der Waals surface area contributed by atoms with Gasteiger partial charge in [0.05, 0.1) is 12.1 Å². The number of nitrogens with zero attached hydrogens (tertiary/aromatic N) is 3. The van der Waals surface area contributed by atoms with Gasteiger partial charge in [-0.15, -0.1) is 0 Å². The number of hydrogen-bond donors (Lipinski definition) is 0. The number of pyridine rings is 1. The lowest BCUT2D eigenvalue weighted by Crippen LogP contribution is -2.61. The fraction of sp³-hybridized carbons (Fsp3) is 0.519. The van der Waals surface area contributed by atoms with E-state index in [9.17, 15) is 9.59 Å². The van der Waals surface area contributed by atoms with Crippen molar-refractivity contribution in [1.29, 1.82) is 0 Å². The molecule has 0 unspecified atom stereocenters. The van der Waals surface area contributed by atoms with Gasteiger partial charge in [0.15, 0.2) is 0 Å². The molecule has 2 aliphatic heterocycles. The predicted molar refractivity (Wildman–Crippen MR) is 124 cm³/mol. The first kappa shape index (κ1) is 21.2. The number of benzene rings is 1. The first-order valence-corrected chi connectivity index (χ1v) is 12.0. The quantitative estimate of drug-likeness (QED) is 0.724. The summed E-state index contributed by atoms with van der Waals surface area (Å²) in [6.07, 6.45) is 7.68. The van der Waals surface area contributed by atoms with E-state index >= 15 is 0 Å². The zero-order chi connectivity index (χ0) is 22.5. The van der Waals surface area contributed by atoms with Crippen molar-refractivity contribution >= 4 is 11.8 Å². The number of hydrogen-bond acceptors (Lipinski definition) is 3. The Kier molecular flexibility index (Phi) is 5.31. The van der Waals surface area contributed by atoms with Crippen molar-refractivity contribution in [3.63, 3.8) is 0 Å². The maximum absolute atomic E-state index is 14.0. The molecule has 2 aromatic rings. The highest BCUT2D eigenvalue weighted by Gasteiger charge is 2.63. The topological polar surface area (TPSA) is 53.5 Å². The molecule has 168 valence electrons. The van der Waals surface area contributed by atoms with E-state index in [2.05, 4.69) is 46.0 Å². The highest BCUT2D eigenvalue weighted by atomic mass is 16.2. The summed E-state index contributed by atoms with van der Waals surface area (Å²) in [6, 6.07) is 14.6. The Morgan fingerprint density at radius 1 is 1.03 bits per heavy atom. The van der Waals surface area contributed by atoms with Crippen LogP contribution in [0, 0.1) is 12.3 Å². The number of likely N-dealkylation sites (tertiary alicyclic amines) is 2. The molecule has 5 atom stereocenters. The van der Waals surface area contributed by atoms with Gasteiger partial charge in [-0.25, -0.2) is 0 Å². The molecule has 1 aromatic carbocycles. The van der Waals surface area contributed by atoms with Gasteiger partial charge in [0.2, 0.25) is 5.91 Å². The summed E-state index contributed by atoms with van der Waals surface area (Å²) in [5, 5.41) is 0. The minimum absolute atomic E-state index is 0.0101. The van der Waals surface area contributed by atoms with E-state index < -0.39 is 0 Å². The van der Waals surface area contributed by atoms with Crippen LogP contribution in [0.5, 0.6) is 0 Å². The number of fused-ring (bicyclic) bond motifs is 1. The smallest absolute Gasteiger partial charge is 0.273 e. The van der Waals surface area contributed by atoms with Gasteiger partial charge in [-0.1, -0.05) is 56.2 Å². The minimum Gasteiger partial charge on any atom is -0.334 e. The number of piperidine rings is 1. The maximum Gasteiger partial charge on any atom is 0.273 e.